The lowest BCUT2D eigenvalue weighted by Gasteiger charge is -2.15. The average Bonchev–Trinajstić information content (AvgIpc) is 3.19. The molecule has 0 aliphatic heterocycles. The topological polar surface area (TPSA) is 105 Å². The highest BCUT2D eigenvalue weighted by Gasteiger charge is 2.50. The number of hydrogen-bond donors (Lipinski definition) is 2. The van der Waals surface area contributed by atoms with Gasteiger partial charge < -0.3 is 10.4 Å². The molecule has 20 heavy (non-hydrogen) atoms. The Morgan fingerprint density at radius 1 is 1.40 bits per heavy atom. The summed E-state index contributed by atoms with van der Waals surface area (Å²) >= 11 is 0. The van der Waals surface area contributed by atoms with Gasteiger partial charge in [-0.2, -0.15) is 0 Å². The first-order valence-electron chi connectivity index (χ1n) is 6.07. The summed E-state index contributed by atoms with van der Waals surface area (Å²) in [5.74, 6) is -0.909. The molecule has 2 N–H and O–H groups in total. The van der Waals surface area contributed by atoms with Crippen molar-refractivity contribution in [2.24, 2.45) is 0 Å². The van der Waals surface area contributed by atoms with Crippen molar-refractivity contribution in [3.8, 4) is 0 Å². The largest absolute Gasteiger partial charge is 0.480 e. The Bertz CT molecular complexity index is 725. The molecule has 1 saturated carbocycles. The van der Waals surface area contributed by atoms with Crippen LogP contribution in [-0.4, -0.2) is 26.5 Å². The van der Waals surface area contributed by atoms with E-state index in [2.05, 4.69) is 10.3 Å². The number of aromatic nitrogens is 1. The standard InChI is InChI=1S/C13H11N3O4/c17-12(18)13(5-6-13)15-9-4-7-14-11-8(9)2-1-3-10(11)16(19)20/h1-4,7H,5-6H2,(H,14,15)(H,17,18). The van der Waals surface area contributed by atoms with E-state index in [1.165, 1.54) is 12.3 Å². The number of rotatable bonds is 4. The summed E-state index contributed by atoms with van der Waals surface area (Å²) in [4.78, 5) is 25.7. The molecule has 0 radical (unpaired) electrons. The number of non-ortho nitro benzene ring substituents is 1. The summed E-state index contributed by atoms with van der Waals surface area (Å²) in [6.45, 7) is 0. The number of benzene rings is 1. The molecule has 1 aromatic heterocycles. The number of anilines is 1. The number of nitrogens with zero attached hydrogens (tertiary/aromatic N) is 2. The van der Waals surface area contributed by atoms with E-state index < -0.39 is 16.4 Å². The quantitative estimate of drug-likeness (QED) is 0.653. The van der Waals surface area contributed by atoms with Crippen molar-refractivity contribution < 1.29 is 14.8 Å². The molecule has 0 atom stereocenters. The van der Waals surface area contributed by atoms with E-state index in [9.17, 15) is 20.0 Å². The zero-order valence-electron chi connectivity index (χ0n) is 10.4. The van der Waals surface area contributed by atoms with Crippen LogP contribution in [0.15, 0.2) is 30.5 Å². The van der Waals surface area contributed by atoms with E-state index >= 15 is 0 Å². The Kier molecular flexibility index (Phi) is 2.56. The van der Waals surface area contributed by atoms with Crippen molar-refractivity contribution in [2.45, 2.75) is 18.4 Å². The highest BCUT2D eigenvalue weighted by Crippen LogP contribution is 2.41. The minimum atomic E-state index is -0.946. The molecule has 7 nitrogen and oxygen atoms in total. The molecule has 102 valence electrons. The number of pyridine rings is 1. The number of nitrogens with one attached hydrogen (secondary N) is 1. The first-order valence-corrected chi connectivity index (χ1v) is 6.07. The van der Waals surface area contributed by atoms with Crippen LogP contribution in [0.4, 0.5) is 11.4 Å². The van der Waals surface area contributed by atoms with Crippen LogP contribution < -0.4 is 5.32 Å². The van der Waals surface area contributed by atoms with Crippen molar-refractivity contribution in [1.29, 1.82) is 0 Å². The molecule has 1 aliphatic carbocycles. The average molecular weight is 273 g/mol. The predicted molar refractivity (Wildman–Crippen MR) is 71.6 cm³/mol. The monoisotopic (exact) mass is 273 g/mol. The first-order chi connectivity index (χ1) is 9.53. The zero-order valence-corrected chi connectivity index (χ0v) is 10.4. The number of nitro groups is 1. The summed E-state index contributed by atoms with van der Waals surface area (Å²) in [5.41, 5.74) is -0.229. The molecule has 0 unspecified atom stereocenters. The number of carboxylic acid groups (broad SMARTS) is 1. The molecule has 1 aliphatic rings. The Balaban J connectivity index is 2.11. The fraction of sp³-hybridized carbons (Fsp3) is 0.231. The van der Waals surface area contributed by atoms with Crippen LogP contribution in [0.2, 0.25) is 0 Å². The second-order valence-electron chi connectivity index (χ2n) is 4.80. The van der Waals surface area contributed by atoms with Gasteiger partial charge in [-0.05, 0) is 18.9 Å². The number of hydrogen-bond acceptors (Lipinski definition) is 5. The minimum absolute atomic E-state index is 0.0914. The second-order valence-corrected chi connectivity index (χ2v) is 4.80. The van der Waals surface area contributed by atoms with Crippen LogP contribution in [0, 0.1) is 10.1 Å². The fourth-order valence-corrected chi connectivity index (χ4v) is 2.19. The van der Waals surface area contributed by atoms with Gasteiger partial charge in [0.1, 0.15) is 11.1 Å². The minimum Gasteiger partial charge on any atom is -0.480 e. The van der Waals surface area contributed by atoms with Gasteiger partial charge in [-0.25, -0.2) is 9.78 Å². The summed E-state index contributed by atoms with van der Waals surface area (Å²) < 4.78 is 0. The Labute approximate surface area is 113 Å². The van der Waals surface area contributed by atoms with E-state index in [0.29, 0.717) is 23.9 Å². The normalized spacial score (nSPS) is 15.8. The van der Waals surface area contributed by atoms with Crippen LogP contribution in [-0.2, 0) is 4.79 Å². The Morgan fingerprint density at radius 3 is 2.75 bits per heavy atom. The van der Waals surface area contributed by atoms with Gasteiger partial charge in [0.2, 0.25) is 0 Å². The van der Waals surface area contributed by atoms with Gasteiger partial charge in [0.25, 0.3) is 5.69 Å². The van der Waals surface area contributed by atoms with Crippen LogP contribution in [0.5, 0.6) is 0 Å². The molecule has 3 rings (SSSR count). The number of aliphatic carboxylic acids is 1. The maximum Gasteiger partial charge on any atom is 0.329 e. The van der Waals surface area contributed by atoms with Crippen molar-refractivity contribution >= 4 is 28.2 Å². The third kappa shape index (κ3) is 1.83. The van der Waals surface area contributed by atoms with E-state index in [0.717, 1.165) is 0 Å². The molecule has 7 heteroatoms. The second kappa shape index (κ2) is 4.16. The Morgan fingerprint density at radius 2 is 2.15 bits per heavy atom. The summed E-state index contributed by atoms with van der Waals surface area (Å²) in [6, 6.07) is 6.27. The number of carboxylic acids is 1. The maximum absolute atomic E-state index is 11.2. The molecule has 1 fully saturated rings. The zero-order chi connectivity index (χ0) is 14.3. The molecule has 0 spiro atoms. The highest BCUT2D eigenvalue weighted by atomic mass is 16.6. The lowest BCUT2D eigenvalue weighted by atomic mass is 10.1. The van der Waals surface area contributed by atoms with E-state index in [-0.39, 0.29) is 11.2 Å². The third-order valence-electron chi connectivity index (χ3n) is 3.48. The molecule has 0 saturated heterocycles. The lowest BCUT2D eigenvalue weighted by molar-refractivity contribution is -0.383. The van der Waals surface area contributed by atoms with Gasteiger partial charge in [0.05, 0.1) is 4.92 Å². The van der Waals surface area contributed by atoms with E-state index in [1.54, 1.807) is 18.2 Å². The summed E-state index contributed by atoms with van der Waals surface area (Å²) in [7, 11) is 0. The predicted octanol–water partition coefficient (Wildman–Crippen LogP) is 2.17. The highest BCUT2D eigenvalue weighted by molar-refractivity contribution is 5.98. The lowest BCUT2D eigenvalue weighted by Crippen LogP contribution is -2.31. The summed E-state index contributed by atoms with van der Waals surface area (Å²) in [6.07, 6.45) is 2.53. The number of fused-ring (bicyclic) bond motifs is 1. The molecular weight excluding hydrogens is 262 g/mol. The maximum atomic E-state index is 11.2. The van der Waals surface area contributed by atoms with Crippen molar-refractivity contribution in [3.63, 3.8) is 0 Å². The smallest absolute Gasteiger partial charge is 0.329 e. The Hall–Kier alpha value is -2.70. The van der Waals surface area contributed by atoms with Gasteiger partial charge in [-0.1, -0.05) is 12.1 Å². The fourth-order valence-electron chi connectivity index (χ4n) is 2.19. The van der Waals surface area contributed by atoms with Gasteiger partial charge >= 0.3 is 5.97 Å². The molecule has 2 aromatic rings. The van der Waals surface area contributed by atoms with Crippen molar-refractivity contribution in [3.05, 3.63) is 40.6 Å². The molecule has 1 heterocycles. The SMILES string of the molecule is O=C(O)C1(Nc2ccnc3c([N+](=O)[O-])cccc23)CC1. The number of para-hydroxylation sites is 1. The first kappa shape index (κ1) is 12.3. The van der Waals surface area contributed by atoms with Gasteiger partial charge in [0.15, 0.2) is 0 Å². The molecule has 0 bridgehead atoms. The summed E-state index contributed by atoms with van der Waals surface area (Å²) in [5, 5.41) is 23.7. The van der Waals surface area contributed by atoms with Gasteiger partial charge in [-0.15, -0.1) is 0 Å². The van der Waals surface area contributed by atoms with Crippen LogP contribution in [0.3, 0.4) is 0 Å². The number of carbonyl (C=O) groups is 1. The molecule has 1 aromatic carbocycles. The van der Waals surface area contributed by atoms with E-state index in [1.807, 2.05) is 0 Å². The van der Waals surface area contributed by atoms with E-state index in [4.69, 9.17) is 0 Å². The van der Waals surface area contributed by atoms with Crippen LogP contribution in [0.1, 0.15) is 12.8 Å². The van der Waals surface area contributed by atoms with Gasteiger partial charge in [0, 0.05) is 23.3 Å². The third-order valence-corrected chi connectivity index (χ3v) is 3.48. The molecule has 0 amide bonds. The number of nitro benzene ring substituents is 1. The van der Waals surface area contributed by atoms with Crippen molar-refractivity contribution in [1.82, 2.24) is 4.98 Å². The van der Waals surface area contributed by atoms with Crippen LogP contribution >= 0.6 is 0 Å². The van der Waals surface area contributed by atoms with Gasteiger partial charge in [-0.3, -0.25) is 10.1 Å². The molecular formula is C13H11N3O4. The van der Waals surface area contributed by atoms with Crippen LogP contribution in [0.25, 0.3) is 10.9 Å². The van der Waals surface area contributed by atoms with Crippen molar-refractivity contribution in [2.75, 3.05) is 5.32 Å².